The Bertz CT molecular complexity index is 764. The zero-order valence-corrected chi connectivity index (χ0v) is 14.1. The second kappa shape index (κ2) is 5.50. The maximum absolute atomic E-state index is 12.6. The minimum absolute atomic E-state index is 0.122. The van der Waals surface area contributed by atoms with Crippen LogP contribution in [0.15, 0.2) is 42.5 Å². The lowest BCUT2D eigenvalue weighted by Gasteiger charge is -2.18. The van der Waals surface area contributed by atoms with Gasteiger partial charge in [0.2, 0.25) is 5.91 Å². The molecule has 1 amide bonds. The largest absolute Gasteiger partial charge is 0.384 e. The second-order valence-electron chi connectivity index (χ2n) is 6.77. The Balaban J connectivity index is 2.05. The highest BCUT2D eigenvalue weighted by molar-refractivity contribution is 6.07. The van der Waals surface area contributed by atoms with E-state index in [0.717, 1.165) is 27.9 Å². The van der Waals surface area contributed by atoms with Gasteiger partial charge in [-0.25, -0.2) is 0 Å². The Labute approximate surface area is 137 Å². The molecule has 0 fully saturated rings. The smallest absolute Gasteiger partial charge is 0.237 e. The summed E-state index contributed by atoms with van der Waals surface area (Å²) in [5, 5.41) is 10.7. The lowest BCUT2D eigenvalue weighted by Crippen LogP contribution is -2.35. The number of carbonyl (C=O) groups excluding carboxylic acids is 1. The van der Waals surface area contributed by atoms with Crippen molar-refractivity contribution in [1.82, 2.24) is 0 Å². The Kier molecular flexibility index (Phi) is 3.77. The molecule has 0 aliphatic carbocycles. The van der Waals surface area contributed by atoms with E-state index in [1.54, 1.807) is 0 Å². The zero-order valence-electron chi connectivity index (χ0n) is 14.1. The number of hydrogen-bond acceptors (Lipinski definition) is 2. The van der Waals surface area contributed by atoms with E-state index >= 15 is 0 Å². The molecule has 0 spiro atoms. The van der Waals surface area contributed by atoms with Crippen LogP contribution in [0.25, 0.3) is 0 Å². The number of hydrogen-bond donors (Lipinski definition) is 1. The summed E-state index contributed by atoms with van der Waals surface area (Å²) in [6.45, 7) is 8.56. The zero-order chi connectivity index (χ0) is 16.8. The molecule has 0 aromatic heterocycles. The highest BCUT2D eigenvalue weighted by Crippen LogP contribution is 2.42. The van der Waals surface area contributed by atoms with Gasteiger partial charge in [-0.15, -0.1) is 0 Å². The molecule has 120 valence electrons. The third kappa shape index (κ3) is 2.45. The van der Waals surface area contributed by atoms with Crippen LogP contribution >= 0.6 is 0 Å². The Hall–Kier alpha value is -2.13. The number of likely N-dealkylation sites (N-methyl/N-ethyl adjacent to an activating group) is 1. The predicted molar refractivity (Wildman–Crippen MR) is 92.7 cm³/mol. The summed E-state index contributed by atoms with van der Waals surface area (Å²) in [5.74, 6) is 0.122. The quantitative estimate of drug-likeness (QED) is 0.938. The summed E-state index contributed by atoms with van der Waals surface area (Å²) in [7, 11) is 0. The van der Waals surface area contributed by atoms with Crippen LogP contribution in [-0.4, -0.2) is 17.6 Å². The van der Waals surface area contributed by atoms with Crippen molar-refractivity contribution in [3.63, 3.8) is 0 Å². The molecule has 1 aliphatic rings. The van der Waals surface area contributed by atoms with Crippen LogP contribution in [0.3, 0.4) is 0 Å². The van der Waals surface area contributed by atoms with Crippen molar-refractivity contribution < 1.29 is 9.90 Å². The molecule has 0 bridgehead atoms. The first-order valence-corrected chi connectivity index (χ1v) is 8.07. The van der Waals surface area contributed by atoms with Crippen molar-refractivity contribution in [2.45, 2.75) is 39.2 Å². The predicted octanol–water partition coefficient (Wildman–Crippen LogP) is 3.72. The summed E-state index contributed by atoms with van der Waals surface area (Å²) in [5.41, 5.74) is 4.23. The average molecular weight is 309 g/mol. The molecule has 0 radical (unpaired) electrons. The Morgan fingerprint density at radius 2 is 1.83 bits per heavy atom. The number of aliphatic hydroxyl groups is 1. The van der Waals surface area contributed by atoms with Gasteiger partial charge in [0.25, 0.3) is 0 Å². The molecule has 0 saturated carbocycles. The van der Waals surface area contributed by atoms with Gasteiger partial charge < -0.3 is 10.0 Å². The maximum atomic E-state index is 12.6. The van der Waals surface area contributed by atoms with Crippen LogP contribution in [0.5, 0.6) is 0 Å². The number of anilines is 1. The van der Waals surface area contributed by atoms with Gasteiger partial charge in [0, 0.05) is 12.2 Å². The molecule has 2 aromatic carbocycles. The van der Waals surface area contributed by atoms with E-state index in [2.05, 4.69) is 0 Å². The average Bonchev–Trinajstić information content (AvgIpc) is 2.73. The van der Waals surface area contributed by atoms with Crippen molar-refractivity contribution in [2.24, 2.45) is 0 Å². The van der Waals surface area contributed by atoms with Crippen LogP contribution in [-0.2, 0) is 10.2 Å². The van der Waals surface area contributed by atoms with Crippen LogP contribution < -0.4 is 4.90 Å². The van der Waals surface area contributed by atoms with Gasteiger partial charge in [-0.05, 0) is 56.5 Å². The summed E-state index contributed by atoms with van der Waals surface area (Å²) in [6.07, 6.45) is -0.679. The number of aryl methyl sites for hydroxylation is 1. The molecule has 1 atom stereocenters. The van der Waals surface area contributed by atoms with Gasteiger partial charge in [0.05, 0.1) is 5.41 Å². The number of amides is 1. The SMILES string of the molecule is CCN1C(=O)C(C)(C)c2cc(C(O)c3cccc(C)c3)ccc21. The molecule has 2 aromatic rings. The second-order valence-corrected chi connectivity index (χ2v) is 6.77. The number of carbonyl (C=O) groups is 1. The number of nitrogens with zero attached hydrogens (tertiary/aromatic N) is 1. The fourth-order valence-electron chi connectivity index (χ4n) is 3.37. The number of rotatable bonds is 3. The van der Waals surface area contributed by atoms with Crippen molar-refractivity contribution in [3.05, 3.63) is 64.7 Å². The van der Waals surface area contributed by atoms with Gasteiger partial charge in [-0.1, -0.05) is 35.9 Å². The first-order chi connectivity index (χ1) is 10.9. The summed E-state index contributed by atoms with van der Waals surface area (Å²) < 4.78 is 0. The van der Waals surface area contributed by atoms with Crippen LogP contribution in [0.4, 0.5) is 5.69 Å². The maximum Gasteiger partial charge on any atom is 0.237 e. The molecule has 3 heteroatoms. The first-order valence-electron chi connectivity index (χ1n) is 8.07. The molecular formula is C20H23NO2. The number of aliphatic hydroxyl groups excluding tert-OH is 1. The normalized spacial score (nSPS) is 17.3. The molecule has 1 unspecified atom stereocenters. The fraction of sp³-hybridized carbons (Fsp3) is 0.350. The Morgan fingerprint density at radius 3 is 2.48 bits per heavy atom. The number of fused-ring (bicyclic) bond motifs is 1. The summed E-state index contributed by atoms with van der Waals surface area (Å²) >= 11 is 0. The molecule has 0 saturated heterocycles. The first kappa shape index (κ1) is 15.8. The highest BCUT2D eigenvalue weighted by Gasteiger charge is 2.43. The molecule has 3 nitrogen and oxygen atoms in total. The molecule has 3 rings (SSSR count). The third-order valence-electron chi connectivity index (χ3n) is 4.75. The van der Waals surface area contributed by atoms with E-state index in [4.69, 9.17) is 0 Å². The monoisotopic (exact) mass is 309 g/mol. The molecule has 1 heterocycles. The number of benzene rings is 2. The summed E-state index contributed by atoms with van der Waals surface area (Å²) in [4.78, 5) is 14.4. The van der Waals surface area contributed by atoms with Crippen molar-refractivity contribution in [2.75, 3.05) is 11.4 Å². The minimum atomic E-state index is -0.679. The van der Waals surface area contributed by atoms with Crippen LogP contribution in [0, 0.1) is 6.92 Å². The van der Waals surface area contributed by atoms with Gasteiger partial charge in [-0.3, -0.25) is 4.79 Å². The van der Waals surface area contributed by atoms with E-state index in [1.165, 1.54) is 0 Å². The van der Waals surface area contributed by atoms with Crippen LogP contribution in [0.1, 0.15) is 49.1 Å². The van der Waals surface area contributed by atoms with Crippen molar-refractivity contribution >= 4 is 11.6 Å². The van der Waals surface area contributed by atoms with Crippen LogP contribution in [0.2, 0.25) is 0 Å². The standard InChI is InChI=1S/C20H23NO2/c1-5-21-17-10-9-15(12-16(17)20(3,4)19(21)23)18(22)14-8-6-7-13(2)11-14/h6-12,18,22H,5H2,1-4H3. The van der Waals surface area contributed by atoms with Gasteiger partial charge >= 0.3 is 0 Å². The van der Waals surface area contributed by atoms with E-state index in [-0.39, 0.29) is 5.91 Å². The molecule has 1 aliphatic heterocycles. The lowest BCUT2D eigenvalue weighted by molar-refractivity contribution is -0.122. The van der Waals surface area contributed by atoms with E-state index in [0.29, 0.717) is 6.54 Å². The molecular weight excluding hydrogens is 286 g/mol. The van der Waals surface area contributed by atoms with Gasteiger partial charge in [0.1, 0.15) is 6.10 Å². The lowest BCUT2D eigenvalue weighted by atomic mass is 9.84. The fourth-order valence-corrected chi connectivity index (χ4v) is 3.37. The Morgan fingerprint density at radius 1 is 1.13 bits per heavy atom. The molecule has 23 heavy (non-hydrogen) atoms. The van der Waals surface area contributed by atoms with Gasteiger partial charge in [0.15, 0.2) is 0 Å². The van der Waals surface area contributed by atoms with Crippen molar-refractivity contribution in [3.8, 4) is 0 Å². The van der Waals surface area contributed by atoms with E-state index < -0.39 is 11.5 Å². The minimum Gasteiger partial charge on any atom is -0.384 e. The topological polar surface area (TPSA) is 40.5 Å². The highest BCUT2D eigenvalue weighted by atomic mass is 16.3. The van der Waals surface area contributed by atoms with E-state index in [1.807, 2.05) is 75.1 Å². The molecule has 1 N–H and O–H groups in total. The van der Waals surface area contributed by atoms with Gasteiger partial charge in [-0.2, -0.15) is 0 Å². The summed E-state index contributed by atoms with van der Waals surface area (Å²) in [6, 6.07) is 13.7. The third-order valence-corrected chi connectivity index (χ3v) is 4.75. The van der Waals surface area contributed by atoms with Crippen molar-refractivity contribution in [1.29, 1.82) is 0 Å². The van der Waals surface area contributed by atoms with E-state index in [9.17, 15) is 9.90 Å².